The van der Waals surface area contributed by atoms with E-state index in [-0.39, 0.29) is 30.9 Å². The molecule has 11 unspecified atom stereocenters. The molecule has 2 bridgehead atoms. The average molecular weight is 943 g/mol. The molecular formula is C62H86O7. The third kappa shape index (κ3) is 8.54. The van der Waals surface area contributed by atoms with E-state index in [1.54, 1.807) is 6.08 Å². The van der Waals surface area contributed by atoms with Crippen LogP contribution in [0.2, 0.25) is 0 Å². The van der Waals surface area contributed by atoms with Crippen molar-refractivity contribution in [1.29, 1.82) is 0 Å². The highest BCUT2D eigenvalue weighted by Gasteiger charge is 2.82. The number of carbonyl (C=O) groups excluding carboxylic acids is 2. The topological polar surface area (TPSA) is 113 Å². The number of carbonyl (C=O) groups is 2. The van der Waals surface area contributed by atoms with Gasteiger partial charge in [0.1, 0.15) is 12.7 Å². The lowest BCUT2D eigenvalue weighted by molar-refractivity contribution is -0.362. The largest absolute Gasteiger partial charge is 0.462 e. The second-order valence-corrected chi connectivity index (χ2v) is 25.8. The van der Waals surface area contributed by atoms with E-state index < -0.39 is 45.6 Å². The summed E-state index contributed by atoms with van der Waals surface area (Å²) in [5.41, 5.74) is -1.04. The monoisotopic (exact) mass is 943 g/mol. The number of rotatable bonds is 15. The SMILES string of the molecule is CC(=O)OC1CC2(C)C=CC(O)(CCC(C)CCCc3ccccc3)C3(C(O)CCC(C)(C4CCC5(CC4)CC(CCc4ccccc4)C4(CCC6(CCCC6)C4)C5)C13)C2(O)CCC1=CC(=O)OC1. The lowest BCUT2D eigenvalue weighted by Gasteiger charge is -2.76. The Morgan fingerprint density at radius 1 is 0.783 bits per heavy atom. The van der Waals surface area contributed by atoms with Crippen LogP contribution in [0.1, 0.15) is 187 Å². The number of benzene rings is 2. The zero-order valence-electron chi connectivity index (χ0n) is 42.8. The molecular weight excluding hydrogens is 857 g/mol. The van der Waals surface area contributed by atoms with Gasteiger partial charge >= 0.3 is 11.9 Å². The number of aryl methyl sites for hydroxylation is 2. The van der Waals surface area contributed by atoms with Crippen molar-refractivity contribution in [1.82, 2.24) is 0 Å². The van der Waals surface area contributed by atoms with Crippen LogP contribution in [-0.2, 0) is 31.9 Å². The van der Waals surface area contributed by atoms with E-state index in [1.165, 1.54) is 95.1 Å². The predicted molar refractivity (Wildman–Crippen MR) is 272 cm³/mol. The van der Waals surface area contributed by atoms with Gasteiger partial charge in [-0.15, -0.1) is 0 Å². The maximum absolute atomic E-state index is 14.2. The van der Waals surface area contributed by atoms with Crippen LogP contribution in [0.5, 0.6) is 0 Å². The van der Waals surface area contributed by atoms with Crippen molar-refractivity contribution in [2.24, 2.45) is 56.2 Å². The summed E-state index contributed by atoms with van der Waals surface area (Å²) in [5, 5.41) is 41.4. The Morgan fingerprint density at radius 2 is 1.46 bits per heavy atom. The fraction of sp³-hybridized carbons (Fsp3) is 0.710. The van der Waals surface area contributed by atoms with Crippen LogP contribution in [-0.4, -0.2) is 57.3 Å². The Bertz CT molecular complexity index is 2220. The molecule has 1 aliphatic heterocycles. The van der Waals surface area contributed by atoms with Gasteiger partial charge in [0.15, 0.2) is 0 Å². The minimum atomic E-state index is -1.59. The molecule has 0 aromatic heterocycles. The Labute approximate surface area is 414 Å². The number of aliphatic hydroxyl groups excluding tert-OH is 1. The first-order chi connectivity index (χ1) is 33.0. The van der Waals surface area contributed by atoms with Crippen LogP contribution in [0, 0.1) is 56.2 Å². The van der Waals surface area contributed by atoms with Gasteiger partial charge in [-0.2, -0.15) is 0 Å². The highest BCUT2D eigenvalue weighted by molar-refractivity contribution is 5.85. The standard InChI is InChI=1S/C62H86O7/c1-44(14-13-19-46-15-7-5-8-16-46)22-32-60(66)37-34-55(3)40-51(69-45(2)63)54-56(4,29-26-52(64)62(54,60)61(55,67)33-23-48-38-53(65)68-41-48)49-24-30-58(31-25-49)39-50(21-20-47-17-9-6-10-18-47)59(43-58)36-35-57(42-59)27-11-12-28-57/h5-10,15-18,34,37-38,44,49-52,54,64,66-67H,11-14,19-33,35-36,39-43H2,1-4H3. The van der Waals surface area contributed by atoms with Crippen molar-refractivity contribution < 1.29 is 34.4 Å². The molecule has 3 N–H and O–H groups in total. The van der Waals surface area contributed by atoms with Gasteiger partial charge in [0.2, 0.25) is 0 Å². The van der Waals surface area contributed by atoms with Gasteiger partial charge in [0, 0.05) is 24.3 Å². The normalized spacial score (nSPS) is 41.3. The lowest BCUT2D eigenvalue weighted by atomic mass is 9.31. The van der Waals surface area contributed by atoms with Crippen LogP contribution < -0.4 is 0 Å². The van der Waals surface area contributed by atoms with Gasteiger partial charge in [-0.3, -0.25) is 4.79 Å². The molecule has 2 aromatic carbocycles. The zero-order chi connectivity index (χ0) is 48.3. The molecule has 8 aliphatic rings. The van der Waals surface area contributed by atoms with E-state index in [0.717, 1.165) is 62.9 Å². The third-order valence-corrected chi connectivity index (χ3v) is 22.0. The quantitative estimate of drug-likeness (QED) is 0.120. The van der Waals surface area contributed by atoms with E-state index in [0.29, 0.717) is 47.8 Å². The van der Waals surface area contributed by atoms with Crippen molar-refractivity contribution >= 4 is 11.9 Å². The van der Waals surface area contributed by atoms with Crippen LogP contribution in [0.15, 0.2) is 84.5 Å². The second kappa shape index (κ2) is 18.7. The van der Waals surface area contributed by atoms with Gasteiger partial charge in [-0.1, -0.05) is 113 Å². The molecule has 1 heterocycles. The van der Waals surface area contributed by atoms with Crippen LogP contribution in [0.4, 0.5) is 0 Å². The van der Waals surface area contributed by atoms with Crippen molar-refractivity contribution in [3.05, 3.63) is 95.6 Å². The fourth-order valence-electron chi connectivity index (χ4n) is 18.8. The van der Waals surface area contributed by atoms with Crippen molar-refractivity contribution in [3.8, 4) is 0 Å². The molecule has 0 amide bonds. The highest BCUT2D eigenvalue weighted by Crippen LogP contribution is 2.77. The van der Waals surface area contributed by atoms with E-state index >= 15 is 0 Å². The molecule has 2 aromatic rings. The van der Waals surface area contributed by atoms with Crippen molar-refractivity contribution in [3.63, 3.8) is 0 Å². The van der Waals surface area contributed by atoms with Gasteiger partial charge in [-0.05, 0) is 197 Å². The molecule has 10 rings (SSSR count). The Kier molecular flexibility index (Phi) is 13.3. The molecule has 0 radical (unpaired) electrons. The molecule has 376 valence electrons. The van der Waals surface area contributed by atoms with E-state index in [9.17, 15) is 24.9 Å². The van der Waals surface area contributed by atoms with Gasteiger partial charge < -0.3 is 24.8 Å². The van der Waals surface area contributed by atoms with Gasteiger partial charge in [-0.25, -0.2) is 4.79 Å². The molecule has 6 saturated carbocycles. The molecule has 7 aliphatic carbocycles. The summed E-state index contributed by atoms with van der Waals surface area (Å²) >= 11 is 0. The summed E-state index contributed by atoms with van der Waals surface area (Å²) < 4.78 is 12.0. The number of aliphatic hydroxyl groups is 3. The molecule has 6 fully saturated rings. The molecule has 11 atom stereocenters. The van der Waals surface area contributed by atoms with E-state index in [2.05, 4.69) is 81.4 Å². The summed E-state index contributed by atoms with van der Waals surface area (Å²) in [7, 11) is 0. The summed E-state index contributed by atoms with van der Waals surface area (Å²) in [4.78, 5) is 25.8. The third-order valence-electron chi connectivity index (χ3n) is 22.0. The van der Waals surface area contributed by atoms with Crippen molar-refractivity contribution in [2.45, 2.75) is 212 Å². The Balaban J connectivity index is 0.975. The van der Waals surface area contributed by atoms with Gasteiger partial charge in [0.25, 0.3) is 0 Å². The summed E-state index contributed by atoms with van der Waals surface area (Å²) in [6.45, 7) is 8.43. The zero-order valence-corrected chi connectivity index (χ0v) is 42.8. The molecule has 7 nitrogen and oxygen atoms in total. The minimum Gasteiger partial charge on any atom is -0.462 e. The molecule has 4 spiro atoms. The number of cyclic esters (lactones) is 1. The Hall–Kier alpha value is -3.26. The highest BCUT2D eigenvalue weighted by atomic mass is 16.5. The maximum Gasteiger partial charge on any atom is 0.331 e. The van der Waals surface area contributed by atoms with Crippen LogP contribution in [0.25, 0.3) is 0 Å². The number of ether oxygens (including phenoxy) is 2. The minimum absolute atomic E-state index is 0.193. The molecule has 7 heteroatoms. The van der Waals surface area contributed by atoms with Gasteiger partial charge in [0.05, 0.1) is 22.7 Å². The van der Waals surface area contributed by atoms with E-state index in [4.69, 9.17) is 9.47 Å². The molecule has 69 heavy (non-hydrogen) atoms. The summed E-state index contributed by atoms with van der Waals surface area (Å²) in [6.07, 6.45) is 29.9. The van der Waals surface area contributed by atoms with E-state index in [1.807, 2.05) is 12.2 Å². The number of hydrogen-bond acceptors (Lipinski definition) is 7. The second-order valence-electron chi connectivity index (χ2n) is 25.8. The van der Waals surface area contributed by atoms with Crippen molar-refractivity contribution in [2.75, 3.05) is 6.61 Å². The summed E-state index contributed by atoms with van der Waals surface area (Å²) in [5.74, 6) is 0.116. The first-order valence-corrected chi connectivity index (χ1v) is 27.9. The molecule has 0 saturated heterocycles. The maximum atomic E-state index is 14.2. The lowest BCUT2D eigenvalue weighted by Crippen LogP contribution is -2.83. The average Bonchev–Trinajstić information content (AvgIpc) is 4.13. The van der Waals surface area contributed by atoms with Crippen LogP contribution in [0.3, 0.4) is 0 Å². The predicted octanol–water partition coefficient (Wildman–Crippen LogP) is 12.8. The number of hydrogen-bond donors (Lipinski definition) is 3. The van der Waals surface area contributed by atoms with Crippen LogP contribution >= 0.6 is 0 Å². The first kappa shape index (κ1) is 49.3. The smallest absolute Gasteiger partial charge is 0.331 e. The number of fused-ring (bicyclic) bond motifs is 1. The first-order valence-electron chi connectivity index (χ1n) is 27.9. The number of esters is 2. The summed E-state index contributed by atoms with van der Waals surface area (Å²) in [6, 6.07) is 21.8. The fourth-order valence-corrected chi connectivity index (χ4v) is 18.8. The Morgan fingerprint density at radius 3 is 2.13 bits per heavy atom.